The number of hydrogen-bond donors (Lipinski definition) is 2. The number of nitrogens with zero attached hydrogens (tertiary/aromatic N) is 3. The minimum Gasteiger partial charge on any atom is -0.444 e. The van der Waals surface area contributed by atoms with Gasteiger partial charge in [-0.25, -0.2) is 9.48 Å². The van der Waals surface area contributed by atoms with Gasteiger partial charge in [-0.3, -0.25) is 0 Å². The van der Waals surface area contributed by atoms with Gasteiger partial charge in [-0.15, -0.1) is 0 Å². The van der Waals surface area contributed by atoms with Crippen molar-refractivity contribution in [2.24, 2.45) is 0 Å². The zero-order valence-electron chi connectivity index (χ0n) is 18.2. The number of anilines is 2. The maximum Gasteiger partial charge on any atom is 0.407 e. The molecule has 4 rings (SSSR count). The Morgan fingerprint density at radius 1 is 1.28 bits per heavy atom. The number of fused-ring (bicyclic) bond motifs is 2. The number of carbonyl (C=O) groups excluding carboxylic acids is 1. The molecule has 2 heterocycles. The molecule has 7 nitrogen and oxygen atoms in total. The van der Waals surface area contributed by atoms with Crippen molar-refractivity contribution in [1.29, 1.82) is 5.26 Å². The van der Waals surface area contributed by atoms with Gasteiger partial charge in [-0.2, -0.15) is 10.4 Å². The highest BCUT2D eigenvalue weighted by atomic mass is 79.9. The standard InChI is InChI=1S/C24H24BrN5O2/c1-24(2,3)32-23(31)27-14-15-4-6-16(7-5-15)21-19(13-26)22-28-20-9-8-18(25)12-17(20)10-11-30(22)29-21/h4-9,12,28H,10-11,14H2,1-3H3,(H,27,31). The van der Waals surface area contributed by atoms with Crippen LogP contribution in [0.3, 0.4) is 0 Å². The molecule has 0 saturated heterocycles. The Hall–Kier alpha value is -3.31. The van der Waals surface area contributed by atoms with Gasteiger partial charge in [0.2, 0.25) is 0 Å². The van der Waals surface area contributed by atoms with Crippen LogP contribution in [0.1, 0.15) is 37.5 Å². The van der Waals surface area contributed by atoms with Gasteiger partial charge >= 0.3 is 6.09 Å². The van der Waals surface area contributed by atoms with Gasteiger partial charge in [0.15, 0.2) is 0 Å². The molecule has 0 bridgehead atoms. The fourth-order valence-electron chi connectivity index (χ4n) is 3.57. The predicted octanol–water partition coefficient (Wildman–Crippen LogP) is 5.51. The highest BCUT2D eigenvalue weighted by Crippen LogP contribution is 2.34. The normalized spacial score (nSPS) is 12.6. The summed E-state index contributed by atoms with van der Waals surface area (Å²) in [4.78, 5) is 11.9. The molecule has 0 fully saturated rings. The molecule has 32 heavy (non-hydrogen) atoms. The number of aryl methyl sites for hydroxylation is 2. The van der Waals surface area contributed by atoms with Crippen molar-refractivity contribution in [1.82, 2.24) is 15.1 Å². The number of rotatable bonds is 3. The number of halogens is 1. The number of amides is 1. The van der Waals surface area contributed by atoms with E-state index in [4.69, 9.17) is 9.84 Å². The van der Waals surface area contributed by atoms with Crippen molar-refractivity contribution in [3.05, 3.63) is 63.6 Å². The van der Waals surface area contributed by atoms with Gasteiger partial charge in [-0.1, -0.05) is 40.2 Å². The van der Waals surface area contributed by atoms with E-state index >= 15 is 0 Å². The lowest BCUT2D eigenvalue weighted by atomic mass is 10.1. The summed E-state index contributed by atoms with van der Waals surface area (Å²) in [6, 6.07) is 16.1. The van der Waals surface area contributed by atoms with E-state index in [0.29, 0.717) is 30.2 Å². The minimum absolute atomic E-state index is 0.355. The lowest BCUT2D eigenvalue weighted by Crippen LogP contribution is -2.32. The van der Waals surface area contributed by atoms with Crippen LogP contribution in [0.5, 0.6) is 0 Å². The molecule has 2 aromatic carbocycles. The third-order valence-corrected chi connectivity index (χ3v) is 5.53. The van der Waals surface area contributed by atoms with Gasteiger partial charge in [0.25, 0.3) is 0 Å². The first-order valence-electron chi connectivity index (χ1n) is 10.4. The maximum absolute atomic E-state index is 11.9. The van der Waals surface area contributed by atoms with Crippen LogP contribution in [0, 0.1) is 11.3 Å². The summed E-state index contributed by atoms with van der Waals surface area (Å²) in [5, 5.41) is 20.8. The summed E-state index contributed by atoms with van der Waals surface area (Å²) in [6.07, 6.45) is 0.361. The Morgan fingerprint density at radius 3 is 2.72 bits per heavy atom. The minimum atomic E-state index is -0.536. The van der Waals surface area contributed by atoms with E-state index in [0.717, 1.165) is 27.7 Å². The van der Waals surface area contributed by atoms with Crippen molar-refractivity contribution in [3.63, 3.8) is 0 Å². The average Bonchev–Trinajstić information content (AvgIpc) is 2.98. The van der Waals surface area contributed by atoms with Crippen molar-refractivity contribution in [3.8, 4) is 17.3 Å². The number of ether oxygens (including phenoxy) is 1. The summed E-state index contributed by atoms with van der Waals surface area (Å²) in [5.41, 5.74) is 4.56. The van der Waals surface area contributed by atoms with Crippen LogP contribution in [0.2, 0.25) is 0 Å². The van der Waals surface area contributed by atoms with E-state index in [1.807, 2.05) is 61.9 Å². The average molecular weight is 494 g/mol. The molecule has 8 heteroatoms. The summed E-state index contributed by atoms with van der Waals surface area (Å²) < 4.78 is 8.15. The number of nitriles is 1. The summed E-state index contributed by atoms with van der Waals surface area (Å²) in [5.74, 6) is 0.708. The third-order valence-electron chi connectivity index (χ3n) is 5.04. The SMILES string of the molecule is CC(C)(C)OC(=O)NCc1ccc(-c2nn3c(c2C#N)Nc2ccc(Br)cc2CC3)cc1. The molecule has 1 aromatic heterocycles. The smallest absolute Gasteiger partial charge is 0.407 e. The lowest BCUT2D eigenvalue weighted by molar-refractivity contribution is 0.0523. The van der Waals surface area contributed by atoms with E-state index in [1.54, 1.807) is 0 Å². The van der Waals surface area contributed by atoms with Crippen LogP contribution in [-0.4, -0.2) is 21.5 Å². The zero-order valence-corrected chi connectivity index (χ0v) is 19.8. The van der Waals surface area contributed by atoms with Gasteiger partial charge in [0.05, 0.1) is 0 Å². The molecule has 0 unspecified atom stereocenters. The molecule has 0 spiro atoms. The van der Waals surface area contributed by atoms with E-state index in [2.05, 4.69) is 38.7 Å². The fourth-order valence-corrected chi connectivity index (χ4v) is 3.98. The van der Waals surface area contributed by atoms with Crippen LogP contribution in [0.4, 0.5) is 16.3 Å². The van der Waals surface area contributed by atoms with Gasteiger partial charge in [0, 0.05) is 28.8 Å². The number of benzene rings is 2. The highest BCUT2D eigenvalue weighted by molar-refractivity contribution is 9.10. The first-order valence-corrected chi connectivity index (χ1v) is 11.2. The van der Waals surface area contributed by atoms with Crippen LogP contribution < -0.4 is 10.6 Å². The fraction of sp³-hybridized carbons (Fsp3) is 0.292. The first-order chi connectivity index (χ1) is 15.2. The summed E-state index contributed by atoms with van der Waals surface area (Å²) >= 11 is 3.52. The molecule has 164 valence electrons. The number of hydrogen-bond acceptors (Lipinski definition) is 5. The molecule has 1 aliphatic heterocycles. The number of aromatic nitrogens is 2. The van der Waals surface area contributed by atoms with Gasteiger partial charge in [0.1, 0.15) is 28.7 Å². The second-order valence-corrected chi connectivity index (χ2v) is 9.55. The van der Waals surface area contributed by atoms with Crippen LogP contribution in [0.15, 0.2) is 46.9 Å². The zero-order chi connectivity index (χ0) is 22.9. The topological polar surface area (TPSA) is 92.0 Å². The van der Waals surface area contributed by atoms with Crippen LogP contribution >= 0.6 is 15.9 Å². The molecule has 3 aromatic rings. The van der Waals surface area contributed by atoms with Crippen molar-refractivity contribution in [2.45, 2.75) is 45.9 Å². The molecule has 0 aliphatic carbocycles. The number of nitrogens with one attached hydrogen (secondary N) is 2. The Balaban J connectivity index is 1.54. The Bertz CT molecular complexity index is 1200. The Morgan fingerprint density at radius 2 is 2.03 bits per heavy atom. The van der Waals surface area contributed by atoms with Crippen molar-refractivity contribution >= 4 is 33.5 Å². The molecular formula is C24H24BrN5O2. The maximum atomic E-state index is 11.9. The summed E-state index contributed by atoms with van der Waals surface area (Å²) in [6.45, 7) is 6.51. The van der Waals surface area contributed by atoms with Gasteiger partial charge in [-0.05, 0) is 56.5 Å². The second-order valence-electron chi connectivity index (χ2n) is 8.64. The number of alkyl carbamates (subject to hydrolysis) is 1. The van der Waals surface area contributed by atoms with E-state index in [-0.39, 0.29) is 0 Å². The van der Waals surface area contributed by atoms with Crippen molar-refractivity contribution in [2.75, 3.05) is 5.32 Å². The largest absolute Gasteiger partial charge is 0.444 e. The molecule has 0 saturated carbocycles. The van der Waals surface area contributed by atoms with Crippen molar-refractivity contribution < 1.29 is 9.53 Å². The quantitative estimate of drug-likeness (QED) is 0.501. The number of carbonyl (C=O) groups is 1. The summed E-state index contributed by atoms with van der Waals surface area (Å²) in [7, 11) is 0. The molecule has 1 amide bonds. The lowest BCUT2D eigenvalue weighted by Gasteiger charge is -2.19. The Kier molecular flexibility index (Phi) is 5.94. The van der Waals surface area contributed by atoms with E-state index in [1.165, 1.54) is 5.56 Å². The molecular weight excluding hydrogens is 470 g/mol. The van der Waals surface area contributed by atoms with E-state index < -0.39 is 11.7 Å². The molecule has 0 atom stereocenters. The molecule has 2 N–H and O–H groups in total. The van der Waals surface area contributed by atoms with Gasteiger partial charge < -0.3 is 15.4 Å². The first kappa shape index (κ1) is 21.9. The van der Waals surface area contributed by atoms with E-state index in [9.17, 15) is 10.1 Å². The second kappa shape index (κ2) is 8.67. The highest BCUT2D eigenvalue weighted by Gasteiger charge is 2.23. The van der Waals surface area contributed by atoms with Crippen LogP contribution in [0.25, 0.3) is 11.3 Å². The van der Waals surface area contributed by atoms with Crippen LogP contribution in [-0.2, 0) is 24.2 Å². The molecule has 0 radical (unpaired) electrons. The predicted molar refractivity (Wildman–Crippen MR) is 127 cm³/mol. The third kappa shape index (κ3) is 4.78. The molecule has 1 aliphatic rings. The monoisotopic (exact) mass is 493 g/mol. The Labute approximate surface area is 195 Å².